The first-order valence-electron chi connectivity index (χ1n) is 10.4. The molecule has 0 amide bonds. The van der Waals surface area contributed by atoms with Crippen molar-refractivity contribution in [1.82, 2.24) is 0 Å². The summed E-state index contributed by atoms with van der Waals surface area (Å²) in [7, 11) is 1.61. The summed E-state index contributed by atoms with van der Waals surface area (Å²) in [4.78, 5) is 0. The lowest BCUT2D eigenvalue weighted by Gasteiger charge is -2.08. The van der Waals surface area contributed by atoms with Gasteiger partial charge in [-0.3, -0.25) is 0 Å². The van der Waals surface area contributed by atoms with Crippen molar-refractivity contribution in [3.8, 4) is 11.5 Å². The number of aryl methyl sites for hydroxylation is 2. The Balaban J connectivity index is 0.000000501. The van der Waals surface area contributed by atoms with E-state index in [-0.39, 0.29) is 11.5 Å². The Morgan fingerprint density at radius 2 is 1.26 bits per heavy atom. The molecule has 9 heteroatoms. The highest BCUT2D eigenvalue weighted by molar-refractivity contribution is 5.27. The van der Waals surface area contributed by atoms with Crippen LogP contribution in [0.15, 0.2) is 84.7 Å². The Morgan fingerprint density at radius 1 is 0.829 bits per heavy atom. The predicted octanol–water partition coefficient (Wildman–Crippen LogP) is 8.71. The van der Waals surface area contributed by atoms with Gasteiger partial charge in [0.15, 0.2) is 0 Å². The average molecular weight is 505 g/mol. The first-order chi connectivity index (χ1) is 16.2. The van der Waals surface area contributed by atoms with Gasteiger partial charge < -0.3 is 14.2 Å². The maximum Gasteiger partial charge on any atom is 0.573 e. The zero-order chi connectivity index (χ0) is 27.1. The lowest BCUT2D eigenvalue weighted by Crippen LogP contribution is -2.16. The summed E-state index contributed by atoms with van der Waals surface area (Å²) >= 11 is 0. The molecule has 194 valence electrons. The number of hydrogen-bond donors (Lipinski definition) is 0. The number of rotatable bonds is 6. The number of alkyl halides is 6. The summed E-state index contributed by atoms with van der Waals surface area (Å²) in [5.41, 5.74) is 3.08. The zero-order valence-corrected chi connectivity index (χ0v) is 20.3. The Kier molecular flexibility index (Phi) is 14.0. The van der Waals surface area contributed by atoms with Crippen LogP contribution in [0.4, 0.5) is 26.3 Å². The molecule has 0 N–H and O–H groups in total. The lowest BCUT2D eigenvalue weighted by atomic mass is 10.2. The number of benzene rings is 2. The van der Waals surface area contributed by atoms with Crippen LogP contribution in [0.1, 0.15) is 31.9 Å². The first-order valence-corrected chi connectivity index (χ1v) is 10.4. The second-order valence-electron chi connectivity index (χ2n) is 6.94. The standard InChI is InChI=1S/C9H9F3O.C9H14O.C8H7F3O/c1-2-7-3-5-8(6-4-7)13-9(10,11)12;1-5-8(2)6-7-9(3)10-4;1-6-2-4-7(5-3-6)12-8(9,10)11/h3-6H,2H2,1H3;5-7H,3H2,1-2,4H3;2-5H,1H3/b;7-6-,8-5-;. The lowest BCUT2D eigenvalue weighted by molar-refractivity contribution is -0.275. The van der Waals surface area contributed by atoms with Gasteiger partial charge in [0.05, 0.1) is 7.11 Å². The maximum absolute atomic E-state index is 11.7. The Labute approximate surface area is 202 Å². The average Bonchev–Trinajstić information content (AvgIpc) is 2.78. The molecular weight excluding hydrogens is 474 g/mol. The fourth-order valence-corrected chi connectivity index (χ4v) is 2.06. The second-order valence-corrected chi connectivity index (χ2v) is 6.94. The van der Waals surface area contributed by atoms with Crippen molar-refractivity contribution in [2.24, 2.45) is 0 Å². The maximum atomic E-state index is 11.7. The molecule has 0 saturated carbocycles. The van der Waals surface area contributed by atoms with E-state index in [1.807, 2.05) is 39.0 Å². The van der Waals surface area contributed by atoms with Gasteiger partial charge in [-0.2, -0.15) is 0 Å². The van der Waals surface area contributed by atoms with Crippen LogP contribution in [0.5, 0.6) is 11.5 Å². The molecule has 0 aromatic heterocycles. The third-order valence-electron chi connectivity index (χ3n) is 4.07. The number of methoxy groups -OCH3 is 1. The van der Waals surface area contributed by atoms with Gasteiger partial charge in [0.25, 0.3) is 0 Å². The van der Waals surface area contributed by atoms with Crippen molar-refractivity contribution in [2.75, 3.05) is 7.11 Å². The van der Waals surface area contributed by atoms with E-state index in [1.165, 1.54) is 29.8 Å². The molecule has 0 heterocycles. The summed E-state index contributed by atoms with van der Waals surface area (Å²) in [6.45, 7) is 11.4. The third kappa shape index (κ3) is 17.7. The number of halogens is 6. The molecule has 0 radical (unpaired) electrons. The van der Waals surface area contributed by atoms with E-state index in [2.05, 4.69) is 16.1 Å². The van der Waals surface area contributed by atoms with E-state index in [0.29, 0.717) is 5.76 Å². The van der Waals surface area contributed by atoms with Gasteiger partial charge >= 0.3 is 12.7 Å². The molecule has 0 unspecified atom stereocenters. The van der Waals surface area contributed by atoms with Gasteiger partial charge in [-0.1, -0.05) is 61.1 Å². The minimum Gasteiger partial charge on any atom is -0.497 e. The van der Waals surface area contributed by atoms with Crippen LogP contribution in [0, 0.1) is 6.92 Å². The molecular formula is C26H30F6O3. The largest absolute Gasteiger partial charge is 0.573 e. The SMILES string of the molecule is C=C(/C=C\C(C)=C/C)OC.CCc1ccc(OC(F)(F)F)cc1.Cc1ccc(OC(F)(F)F)cc1. The first kappa shape index (κ1) is 31.6. The van der Waals surface area contributed by atoms with Crippen LogP contribution >= 0.6 is 0 Å². The molecule has 2 aromatic rings. The van der Waals surface area contributed by atoms with Gasteiger partial charge in [0.2, 0.25) is 0 Å². The van der Waals surface area contributed by atoms with Crippen LogP contribution < -0.4 is 9.47 Å². The zero-order valence-electron chi connectivity index (χ0n) is 20.3. The Bertz CT molecular complexity index is 926. The molecule has 3 nitrogen and oxygen atoms in total. The van der Waals surface area contributed by atoms with Gasteiger partial charge in [0, 0.05) is 0 Å². The minimum atomic E-state index is -4.60. The Morgan fingerprint density at radius 3 is 1.60 bits per heavy atom. The van der Waals surface area contributed by atoms with E-state index in [0.717, 1.165) is 17.5 Å². The number of ether oxygens (including phenoxy) is 3. The van der Waals surface area contributed by atoms with Crippen LogP contribution in [0.2, 0.25) is 0 Å². The molecule has 0 saturated heterocycles. The molecule has 2 aromatic carbocycles. The predicted molar refractivity (Wildman–Crippen MR) is 125 cm³/mol. The van der Waals surface area contributed by atoms with Crippen LogP contribution in [0.3, 0.4) is 0 Å². The fourth-order valence-electron chi connectivity index (χ4n) is 2.06. The molecule has 0 fully saturated rings. The molecule has 0 aliphatic rings. The fraction of sp³-hybridized carbons (Fsp3) is 0.308. The summed E-state index contributed by atoms with van der Waals surface area (Å²) in [5, 5.41) is 0. The summed E-state index contributed by atoms with van der Waals surface area (Å²) in [6.07, 6.45) is -2.57. The van der Waals surface area contributed by atoms with Crippen LogP contribution in [-0.4, -0.2) is 19.8 Å². The third-order valence-corrected chi connectivity index (χ3v) is 4.07. The minimum absolute atomic E-state index is 0.176. The smallest absolute Gasteiger partial charge is 0.497 e. The van der Waals surface area contributed by atoms with Crippen LogP contribution in [0.25, 0.3) is 0 Å². The summed E-state index contributed by atoms with van der Waals surface area (Å²) in [5.74, 6) is 0.319. The molecule has 0 aliphatic heterocycles. The van der Waals surface area contributed by atoms with Crippen molar-refractivity contribution < 1.29 is 40.6 Å². The monoisotopic (exact) mass is 504 g/mol. The quantitative estimate of drug-likeness (QED) is 0.224. The van der Waals surface area contributed by atoms with Gasteiger partial charge in [0.1, 0.15) is 17.3 Å². The van der Waals surface area contributed by atoms with Crippen molar-refractivity contribution in [2.45, 2.75) is 46.8 Å². The normalized spacial score (nSPS) is 11.6. The number of allylic oxidation sites excluding steroid dienone is 4. The topological polar surface area (TPSA) is 27.7 Å². The van der Waals surface area contributed by atoms with Crippen molar-refractivity contribution in [3.05, 3.63) is 95.8 Å². The van der Waals surface area contributed by atoms with E-state index in [9.17, 15) is 26.3 Å². The second kappa shape index (κ2) is 15.5. The Hall–Kier alpha value is -3.36. The molecule has 35 heavy (non-hydrogen) atoms. The summed E-state index contributed by atoms with van der Waals surface area (Å²) in [6, 6.07) is 11.5. The molecule has 0 bridgehead atoms. The van der Waals surface area contributed by atoms with Crippen molar-refractivity contribution >= 4 is 0 Å². The highest BCUT2D eigenvalue weighted by atomic mass is 19.4. The molecule has 0 aliphatic carbocycles. The van der Waals surface area contributed by atoms with E-state index >= 15 is 0 Å². The van der Waals surface area contributed by atoms with Gasteiger partial charge in [-0.15, -0.1) is 26.3 Å². The van der Waals surface area contributed by atoms with E-state index in [4.69, 9.17) is 4.74 Å². The van der Waals surface area contributed by atoms with E-state index in [1.54, 1.807) is 38.3 Å². The molecule has 2 rings (SSSR count). The summed E-state index contributed by atoms with van der Waals surface area (Å²) < 4.78 is 82.2. The number of hydrogen-bond acceptors (Lipinski definition) is 3. The molecule has 0 spiro atoms. The molecule has 0 atom stereocenters. The van der Waals surface area contributed by atoms with E-state index < -0.39 is 12.7 Å². The van der Waals surface area contributed by atoms with Crippen molar-refractivity contribution in [3.63, 3.8) is 0 Å². The van der Waals surface area contributed by atoms with Gasteiger partial charge in [-0.25, -0.2) is 0 Å². The van der Waals surface area contributed by atoms with Crippen LogP contribution in [-0.2, 0) is 11.2 Å². The highest BCUT2D eigenvalue weighted by Crippen LogP contribution is 2.23. The van der Waals surface area contributed by atoms with Gasteiger partial charge in [-0.05, 0) is 63.1 Å². The van der Waals surface area contributed by atoms with Crippen molar-refractivity contribution in [1.29, 1.82) is 0 Å². The highest BCUT2D eigenvalue weighted by Gasteiger charge is 2.31.